The molecule has 0 N–H and O–H groups in total. The van der Waals surface area contributed by atoms with E-state index in [0.717, 1.165) is 6.07 Å². The molecule has 1 fully saturated rings. The van der Waals surface area contributed by atoms with Crippen LogP contribution in [0.15, 0.2) is 18.2 Å². The molecule has 0 bridgehead atoms. The van der Waals surface area contributed by atoms with E-state index in [4.69, 9.17) is 25.8 Å². The van der Waals surface area contributed by atoms with Crippen molar-refractivity contribution in [3.8, 4) is 0 Å². The van der Waals surface area contributed by atoms with E-state index in [-0.39, 0.29) is 44.3 Å². The molecule has 0 unspecified atom stereocenters. The van der Waals surface area contributed by atoms with E-state index in [0.29, 0.717) is 5.56 Å². The minimum absolute atomic E-state index is 0.0144. The van der Waals surface area contributed by atoms with Crippen molar-refractivity contribution in [3.05, 3.63) is 34.6 Å². The summed E-state index contributed by atoms with van der Waals surface area (Å²) in [5, 5.41) is -0.144. The number of hydrogen-bond donors (Lipinski definition) is 0. The highest BCUT2D eigenvalue weighted by Gasteiger charge is 2.50. The summed E-state index contributed by atoms with van der Waals surface area (Å²) in [7, 11) is 0. The van der Waals surface area contributed by atoms with E-state index in [1.807, 2.05) is 0 Å². The summed E-state index contributed by atoms with van der Waals surface area (Å²) in [5.74, 6) is -4.90. The van der Waals surface area contributed by atoms with Gasteiger partial charge in [-0.2, -0.15) is 0 Å². The number of hydrogen-bond acceptors (Lipinski definition) is 6. The lowest BCUT2D eigenvalue weighted by molar-refractivity contribution is -0.166. The summed E-state index contributed by atoms with van der Waals surface area (Å²) in [6.07, 6.45) is 0.451. The first-order valence-electron chi connectivity index (χ1n) is 8.78. The fraction of sp³-hybridized carbons (Fsp3) is 0.526. The Balaban J connectivity index is 2.51. The molecule has 0 atom stereocenters. The maximum Gasteiger partial charge on any atom is 0.328 e. The molecule has 1 aliphatic rings. The number of rotatable bonds is 7. The van der Waals surface area contributed by atoms with E-state index in [2.05, 4.69) is 0 Å². The van der Waals surface area contributed by atoms with Gasteiger partial charge in [0.2, 0.25) is 5.92 Å². The summed E-state index contributed by atoms with van der Waals surface area (Å²) in [6, 6.07) is 3.96. The molecule has 0 radical (unpaired) electrons. The number of carbonyl (C=O) groups is 3. The van der Waals surface area contributed by atoms with Gasteiger partial charge in [-0.3, -0.25) is 14.4 Å². The van der Waals surface area contributed by atoms with Gasteiger partial charge >= 0.3 is 11.9 Å². The van der Waals surface area contributed by atoms with Gasteiger partial charge in [0.1, 0.15) is 5.82 Å². The van der Waals surface area contributed by atoms with Gasteiger partial charge in [0.05, 0.1) is 23.7 Å². The third-order valence-corrected chi connectivity index (χ3v) is 4.89. The molecule has 2 rings (SSSR count). The first kappa shape index (κ1) is 21.3. The Morgan fingerprint density at radius 2 is 1.70 bits per heavy atom. The normalized spacial score (nSPS) is 16.0. The average Bonchev–Trinajstić information content (AvgIpc) is 2.65. The molecule has 0 aliphatic carbocycles. The van der Waals surface area contributed by atoms with Gasteiger partial charge in [-0.05, 0) is 44.4 Å². The fourth-order valence-corrected chi connectivity index (χ4v) is 3.41. The zero-order valence-electron chi connectivity index (χ0n) is 15.3. The van der Waals surface area contributed by atoms with Gasteiger partial charge in [-0.1, -0.05) is 17.7 Å². The Labute approximate surface area is 161 Å². The minimum Gasteiger partial charge on any atom is -0.465 e. The number of carbonyl (C=O) groups excluding carboxylic acids is 3. The molecular formula is C19H22ClFO6. The Hall–Kier alpha value is -1.99. The Bertz CT molecular complexity index is 696. The van der Waals surface area contributed by atoms with Crippen molar-refractivity contribution in [1.29, 1.82) is 0 Å². The van der Waals surface area contributed by atoms with Gasteiger partial charge in [0.25, 0.3) is 0 Å². The molecule has 1 heterocycles. The topological polar surface area (TPSA) is 78.9 Å². The van der Waals surface area contributed by atoms with Crippen LogP contribution in [0.5, 0.6) is 0 Å². The predicted octanol–water partition coefficient (Wildman–Crippen LogP) is 2.84. The van der Waals surface area contributed by atoms with Crippen LogP contribution in [0.4, 0.5) is 4.39 Å². The summed E-state index contributed by atoms with van der Waals surface area (Å²) in [6.45, 7) is 3.68. The number of ketones is 1. The van der Waals surface area contributed by atoms with Gasteiger partial charge < -0.3 is 14.2 Å². The van der Waals surface area contributed by atoms with Crippen LogP contribution in [0.3, 0.4) is 0 Å². The second kappa shape index (κ2) is 9.28. The molecule has 1 saturated heterocycles. The lowest BCUT2D eigenvalue weighted by atomic mass is 9.67. The van der Waals surface area contributed by atoms with Crippen molar-refractivity contribution in [2.24, 2.45) is 5.92 Å². The van der Waals surface area contributed by atoms with E-state index in [1.165, 1.54) is 12.1 Å². The van der Waals surface area contributed by atoms with Crippen molar-refractivity contribution in [3.63, 3.8) is 0 Å². The maximum absolute atomic E-state index is 13.6. The van der Waals surface area contributed by atoms with E-state index < -0.39 is 34.9 Å². The smallest absolute Gasteiger partial charge is 0.328 e. The molecule has 0 spiro atoms. The standard InChI is InChI=1S/C19H22ClFO6/c1-3-26-17(23)15(18(24)27-4-2)16(22)19(7-9-25-10-8-19)12-5-6-14(21)13(20)11-12/h5-6,11,15H,3-4,7-10H2,1-2H3. The summed E-state index contributed by atoms with van der Waals surface area (Å²) >= 11 is 5.90. The highest BCUT2D eigenvalue weighted by atomic mass is 35.5. The van der Waals surface area contributed by atoms with Gasteiger partial charge in [-0.15, -0.1) is 0 Å². The zero-order valence-corrected chi connectivity index (χ0v) is 16.0. The molecule has 1 aromatic rings. The SMILES string of the molecule is CCOC(=O)C(C(=O)OCC)C(=O)C1(c2ccc(F)c(Cl)c2)CCOCC1. The highest BCUT2D eigenvalue weighted by molar-refractivity contribution is 6.30. The minimum atomic E-state index is -1.72. The van der Waals surface area contributed by atoms with Gasteiger partial charge in [-0.25, -0.2) is 4.39 Å². The average molecular weight is 401 g/mol. The van der Waals surface area contributed by atoms with E-state index in [9.17, 15) is 18.8 Å². The molecule has 0 saturated carbocycles. The molecule has 27 heavy (non-hydrogen) atoms. The van der Waals surface area contributed by atoms with Crippen LogP contribution in [-0.2, 0) is 34.0 Å². The number of esters is 2. The molecule has 1 aliphatic heterocycles. The number of ether oxygens (including phenoxy) is 3. The highest BCUT2D eigenvalue weighted by Crippen LogP contribution is 2.39. The quantitative estimate of drug-likeness (QED) is 0.517. The Morgan fingerprint density at radius 1 is 1.15 bits per heavy atom. The van der Waals surface area contributed by atoms with Crippen LogP contribution in [0.2, 0.25) is 5.02 Å². The van der Waals surface area contributed by atoms with Crippen molar-refractivity contribution in [2.45, 2.75) is 32.1 Å². The Kier molecular flexibility index (Phi) is 7.33. The summed E-state index contributed by atoms with van der Waals surface area (Å²) < 4.78 is 28.8. The summed E-state index contributed by atoms with van der Waals surface area (Å²) in [4.78, 5) is 38.2. The van der Waals surface area contributed by atoms with E-state index >= 15 is 0 Å². The van der Waals surface area contributed by atoms with Crippen LogP contribution in [0.25, 0.3) is 0 Å². The van der Waals surface area contributed by atoms with Gasteiger partial charge in [0, 0.05) is 13.2 Å². The fourth-order valence-electron chi connectivity index (χ4n) is 3.23. The third kappa shape index (κ3) is 4.47. The molecule has 148 valence electrons. The lowest BCUT2D eigenvalue weighted by Gasteiger charge is -2.37. The lowest BCUT2D eigenvalue weighted by Crippen LogP contribution is -2.49. The molecule has 0 aromatic heterocycles. The molecule has 1 aromatic carbocycles. The first-order chi connectivity index (χ1) is 12.9. The Morgan fingerprint density at radius 3 is 2.19 bits per heavy atom. The van der Waals surface area contributed by atoms with Crippen molar-refractivity contribution in [2.75, 3.05) is 26.4 Å². The second-order valence-electron chi connectivity index (χ2n) is 6.12. The largest absolute Gasteiger partial charge is 0.465 e. The monoisotopic (exact) mass is 400 g/mol. The first-order valence-corrected chi connectivity index (χ1v) is 9.16. The van der Waals surface area contributed by atoms with Crippen LogP contribution in [0.1, 0.15) is 32.3 Å². The summed E-state index contributed by atoms with van der Waals surface area (Å²) in [5.41, 5.74) is -0.791. The predicted molar refractivity (Wildman–Crippen MR) is 94.9 cm³/mol. The van der Waals surface area contributed by atoms with Crippen LogP contribution < -0.4 is 0 Å². The number of benzene rings is 1. The van der Waals surface area contributed by atoms with Crippen molar-refractivity contribution in [1.82, 2.24) is 0 Å². The molecule has 6 nitrogen and oxygen atoms in total. The van der Waals surface area contributed by atoms with Crippen LogP contribution >= 0.6 is 11.6 Å². The number of Topliss-reactive ketones (excluding diaryl/α,β-unsaturated/α-hetero) is 1. The van der Waals surface area contributed by atoms with Gasteiger partial charge in [0.15, 0.2) is 5.78 Å². The molecule has 0 amide bonds. The maximum atomic E-state index is 13.6. The van der Waals surface area contributed by atoms with Crippen molar-refractivity contribution < 1.29 is 33.0 Å². The molecular weight excluding hydrogens is 379 g/mol. The van der Waals surface area contributed by atoms with Crippen molar-refractivity contribution >= 4 is 29.3 Å². The van der Waals surface area contributed by atoms with E-state index in [1.54, 1.807) is 13.8 Å². The van der Waals surface area contributed by atoms with Crippen LogP contribution in [-0.4, -0.2) is 44.1 Å². The molecule has 8 heteroatoms. The van der Waals surface area contributed by atoms with Crippen LogP contribution in [0, 0.1) is 11.7 Å². The number of halogens is 2. The third-order valence-electron chi connectivity index (χ3n) is 4.60. The second-order valence-corrected chi connectivity index (χ2v) is 6.53. The zero-order chi connectivity index (χ0) is 20.0.